The summed E-state index contributed by atoms with van der Waals surface area (Å²) < 4.78 is 39.9. The van der Waals surface area contributed by atoms with Gasteiger partial charge in [0, 0.05) is 11.6 Å². The van der Waals surface area contributed by atoms with Gasteiger partial charge in [-0.1, -0.05) is 12.1 Å². The Morgan fingerprint density at radius 2 is 2.04 bits per heavy atom. The molecule has 0 atom stereocenters. The molecule has 0 aliphatic heterocycles. The van der Waals surface area contributed by atoms with Gasteiger partial charge in [0.1, 0.15) is 17.4 Å². The zero-order valence-electron chi connectivity index (χ0n) is 11.3. The first-order chi connectivity index (χ1) is 10.9. The van der Waals surface area contributed by atoms with Gasteiger partial charge in [-0.25, -0.2) is 4.98 Å². The maximum Gasteiger partial charge on any atom is 0.573 e. The molecule has 2 aromatic rings. The average Bonchev–Trinajstić information content (AvgIpc) is 2.97. The van der Waals surface area contributed by atoms with Gasteiger partial charge in [-0.2, -0.15) is 5.26 Å². The Bertz CT molecular complexity index is 747. The number of hydrogen-bond acceptors (Lipinski definition) is 5. The molecule has 23 heavy (non-hydrogen) atoms. The summed E-state index contributed by atoms with van der Waals surface area (Å²) in [7, 11) is 0. The summed E-state index contributed by atoms with van der Waals surface area (Å²) in [6.45, 7) is 0. The van der Waals surface area contributed by atoms with Crippen molar-refractivity contribution in [3.63, 3.8) is 0 Å². The Labute approximate surface area is 132 Å². The summed E-state index contributed by atoms with van der Waals surface area (Å²) in [6.07, 6.45) is -2.03. The van der Waals surface area contributed by atoms with E-state index >= 15 is 0 Å². The maximum atomic E-state index is 12.1. The molecule has 118 valence electrons. The van der Waals surface area contributed by atoms with Crippen LogP contribution in [0.1, 0.15) is 5.56 Å². The summed E-state index contributed by atoms with van der Waals surface area (Å²) in [5.41, 5.74) is 0.176. The van der Waals surface area contributed by atoms with Gasteiger partial charge in [0.2, 0.25) is 0 Å². The first-order valence-electron chi connectivity index (χ1n) is 6.06. The second-order valence-corrected chi connectivity index (χ2v) is 4.97. The highest BCUT2D eigenvalue weighted by molar-refractivity contribution is 7.13. The van der Waals surface area contributed by atoms with Crippen LogP contribution < -0.4 is 10.1 Å². The molecule has 0 aliphatic rings. The quantitative estimate of drug-likeness (QED) is 0.682. The number of amides is 1. The fraction of sp³-hybridized carbons (Fsp3) is 0.0714. The molecule has 1 heterocycles. The van der Waals surface area contributed by atoms with Crippen molar-refractivity contribution in [1.29, 1.82) is 5.26 Å². The van der Waals surface area contributed by atoms with Gasteiger partial charge in [0.15, 0.2) is 5.13 Å². The lowest BCUT2D eigenvalue weighted by atomic mass is 10.1. The highest BCUT2D eigenvalue weighted by Crippen LogP contribution is 2.23. The van der Waals surface area contributed by atoms with E-state index in [1.54, 1.807) is 11.4 Å². The maximum absolute atomic E-state index is 12.1. The van der Waals surface area contributed by atoms with Crippen molar-refractivity contribution >= 4 is 28.5 Å². The summed E-state index contributed by atoms with van der Waals surface area (Å²) >= 11 is 1.19. The van der Waals surface area contributed by atoms with Gasteiger partial charge in [-0.05, 0) is 23.8 Å². The summed E-state index contributed by atoms with van der Waals surface area (Å²) in [4.78, 5) is 15.7. The molecule has 1 aromatic carbocycles. The van der Waals surface area contributed by atoms with Crippen LogP contribution in [-0.4, -0.2) is 17.3 Å². The van der Waals surface area contributed by atoms with Crippen LogP contribution in [0.25, 0.3) is 6.08 Å². The molecule has 0 unspecified atom stereocenters. The van der Waals surface area contributed by atoms with Crippen LogP contribution >= 0.6 is 11.3 Å². The third kappa shape index (κ3) is 5.12. The predicted octanol–water partition coefficient (Wildman–Crippen LogP) is 3.59. The van der Waals surface area contributed by atoms with Crippen molar-refractivity contribution in [2.45, 2.75) is 6.36 Å². The molecule has 0 radical (unpaired) electrons. The minimum Gasteiger partial charge on any atom is -0.406 e. The second kappa shape index (κ2) is 6.93. The number of anilines is 1. The van der Waals surface area contributed by atoms with Crippen molar-refractivity contribution in [2.75, 3.05) is 5.32 Å². The lowest BCUT2D eigenvalue weighted by molar-refractivity contribution is -0.274. The molecule has 5 nitrogen and oxygen atoms in total. The number of thiazole rings is 1. The summed E-state index contributed by atoms with van der Waals surface area (Å²) in [5, 5.41) is 13.5. The number of nitrogens with one attached hydrogen (secondary N) is 1. The number of ether oxygens (including phenoxy) is 1. The molecule has 2 rings (SSSR count). The lowest BCUT2D eigenvalue weighted by Gasteiger charge is -2.08. The normalized spacial score (nSPS) is 11.7. The second-order valence-electron chi connectivity index (χ2n) is 4.08. The summed E-state index contributed by atoms with van der Waals surface area (Å²) in [5.74, 6) is -1.04. The van der Waals surface area contributed by atoms with Crippen LogP contribution in [0.15, 0.2) is 41.4 Å². The number of carbonyl (C=O) groups is 1. The SMILES string of the molecule is N#C/C(=C\c1ccc(OC(F)(F)F)cc1)C(=O)Nc1nccs1. The molecular weight excluding hydrogens is 331 g/mol. The zero-order valence-corrected chi connectivity index (χ0v) is 12.1. The number of alkyl halides is 3. The monoisotopic (exact) mass is 339 g/mol. The van der Waals surface area contributed by atoms with Gasteiger partial charge in [-0.3, -0.25) is 10.1 Å². The molecular formula is C14H8F3N3O2S. The van der Waals surface area contributed by atoms with Crippen molar-refractivity contribution < 1.29 is 22.7 Å². The fourth-order valence-electron chi connectivity index (χ4n) is 1.53. The zero-order chi connectivity index (χ0) is 16.9. The molecule has 1 N–H and O–H groups in total. The van der Waals surface area contributed by atoms with Crippen molar-refractivity contribution in [3.8, 4) is 11.8 Å². The predicted molar refractivity (Wildman–Crippen MR) is 77.5 cm³/mol. The number of nitrogens with zero attached hydrogens (tertiary/aromatic N) is 2. The molecule has 0 spiro atoms. The Kier molecular flexibility index (Phi) is 4.98. The fourth-order valence-corrected chi connectivity index (χ4v) is 2.05. The molecule has 0 saturated carbocycles. The van der Waals surface area contributed by atoms with Crippen molar-refractivity contribution in [2.24, 2.45) is 0 Å². The van der Waals surface area contributed by atoms with E-state index in [-0.39, 0.29) is 11.3 Å². The number of aromatic nitrogens is 1. The minimum atomic E-state index is -4.78. The van der Waals surface area contributed by atoms with Crippen LogP contribution in [0.3, 0.4) is 0 Å². The van der Waals surface area contributed by atoms with E-state index in [1.807, 2.05) is 0 Å². The number of benzene rings is 1. The smallest absolute Gasteiger partial charge is 0.406 e. The Morgan fingerprint density at radius 3 is 2.57 bits per heavy atom. The number of halogens is 3. The van der Waals surface area contributed by atoms with Gasteiger partial charge >= 0.3 is 6.36 Å². The van der Waals surface area contributed by atoms with E-state index in [0.29, 0.717) is 10.7 Å². The molecule has 0 aliphatic carbocycles. The minimum absolute atomic E-state index is 0.204. The first-order valence-corrected chi connectivity index (χ1v) is 6.94. The molecule has 0 saturated heterocycles. The number of rotatable bonds is 4. The summed E-state index contributed by atoms with van der Waals surface area (Å²) in [6, 6.07) is 6.51. The molecule has 9 heteroatoms. The molecule has 1 amide bonds. The Balaban J connectivity index is 2.11. The first kappa shape index (κ1) is 16.5. The van der Waals surface area contributed by atoms with Gasteiger partial charge in [-0.15, -0.1) is 24.5 Å². The third-order valence-corrected chi connectivity index (χ3v) is 3.13. The highest BCUT2D eigenvalue weighted by atomic mass is 32.1. The van der Waals surface area contributed by atoms with Crippen LogP contribution in [0, 0.1) is 11.3 Å². The van der Waals surface area contributed by atoms with Crippen molar-refractivity contribution in [3.05, 3.63) is 47.0 Å². The van der Waals surface area contributed by atoms with Crippen LogP contribution in [0.2, 0.25) is 0 Å². The van der Waals surface area contributed by atoms with Crippen LogP contribution in [0.4, 0.5) is 18.3 Å². The van der Waals surface area contributed by atoms with Crippen LogP contribution in [0.5, 0.6) is 5.75 Å². The highest BCUT2D eigenvalue weighted by Gasteiger charge is 2.30. The third-order valence-electron chi connectivity index (χ3n) is 2.44. The van der Waals surface area contributed by atoms with E-state index in [1.165, 1.54) is 35.7 Å². The lowest BCUT2D eigenvalue weighted by Crippen LogP contribution is -2.17. The average molecular weight is 339 g/mol. The topological polar surface area (TPSA) is 75.0 Å². The molecule has 0 fully saturated rings. The van der Waals surface area contributed by atoms with Crippen LogP contribution in [-0.2, 0) is 4.79 Å². The van der Waals surface area contributed by atoms with Gasteiger partial charge in [0.25, 0.3) is 5.91 Å². The van der Waals surface area contributed by atoms with E-state index < -0.39 is 12.3 Å². The molecule has 0 bridgehead atoms. The van der Waals surface area contributed by atoms with E-state index in [2.05, 4.69) is 15.0 Å². The van der Waals surface area contributed by atoms with E-state index in [4.69, 9.17) is 5.26 Å². The number of nitriles is 1. The number of hydrogen-bond donors (Lipinski definition) is 1. The number of carbonyl (C=O) groups excluding carboxylic acids is 1. The standard InChI is InChI=1S/C14H8F3N3O2S/c15-14(16,17)22-11-3-1-9(2-4-11)7-10(8-18)12(21)20-13-19-5-6-23-13/h1-7H,(H,19,20,21)/b10-7+. The van der Waals surface area contributed by atoms with Gasteiger partial charge in [0.05, 0.1) is 0 Å². The van der Waals surface area contributed by atoms with E-state index in [0.717, 1.165) is 12.1 Å². The molecule has 1 aromatic heterocycles. The Morgan fingerprint density at radius 1 is 1.35 bits per heavy atom. The largest absolute Gasteiger partial charge is 0.573 e. The van der Waals surface area contributed by atoms with Crippen molar-refractivity contribution in [1.82, 2.24) is 4.98 Å². The van der Waals surface area contributed by atoms with Gasteiger partial charge < -0.3 is 4.74 Å². The van der Waals surface area contributed by atoms with E-state index in [9.17, 15) is 18.0 Å². The Hall–Kier alpha value is -2.86.